The maximum atomic E-state index is 12.2. The Bertz CT molecular complexity index is 844. The van der Waals surface area contributed by atoms with Gasteiger partial charge in [0.2, 0.25) is 0 Å². The summed E-state index contributed by atoms with van der Waals surface area (Å²) in [6.07, 6.45) is 0. The predicted molar refractivity (Wildman–Crippen MR) is 77.4 cm³/mol. The number of hydrogen-bond donors (Lipinski definition) is 0. The van der Waals surface area contributed by atoms with E-state index in [2.05, 4.69) is 0 Å². The lowest BCUT2D eigenvalue weighted by Gasteiger charge is -2.07. The molecule has 0 amide bonds. The molecule has 0 N–H and O–H groups in total. The molecule has 8 heteroatoms. The number of nitro benzene ring substituents is 1. The van der Waals surface area contributed by atoms with Crippen molar-refractivity contribution < 1.29 is 22.3 Å². The van der Waals surface area contributed by atoms with Crippen LogP contribution in [0.3, 0.4) is 0 Å². The van der Waals surface area contributed by atoms with E-state index in [9.17, 15) is 23.3 Å². The number of benzene rings is 2. The number of carbonyl (C=O) groups excluding carboxylic acids is 1. The fraction of sp³-hybridized carbons (Fsp3) is 0.0714. The van der Waals surface area contributed by atoms with E-state index in [-0.39, 0.29) is 27.7 Å². The fourth-order valence-corrected chi connectivity index (χ4v) is 2.66. The minimum absolute atomic E-state index is 0.178. The van der Waals surface area contributed by atoms with E-state index in [1.54, 1.807) is 0 Å². The van der Waals surface area contributed by atoms with Crippen molar-refractivity contribution in [1.82, 2.24) is 0 Å². The Labute approximate surface area is 126 Å². The van der Waals surface area contributed by atoms with Gasteiger partial charge in [-0.3, -0.25) is 14.9 Å². The van der Waals surface area contributed by atoms with Gasteiger partial charge in [-0.05, 0) is 25.1 Å². The number of nitro groups is 1. The molecule has 0 heterocycles. The first-order chi connectivity index (χ1) is 10.3. The number of hydrogen-bond acceptors (Lipinski definition) is 6. The Kier molecular flexibility index (Phi) is 4.22. The quantitative estimate of drug-likeness (QED) is 0.363. The summed E-state index contributed by atoms with van der Waals surface area (Å²) >= 11 is 0. The monoisotopic (exact) mass is 321 g/mol. The summed E-state index contributed by atoms with van der Waals surface area (Å²) in [6, 6.07) is 10.2. The molecular formula is C14H11NO6S. The lowest BCUT2D eigenvalue weighted by Crippen LogP contribution is -2.10. The van der Waals surface area contributed by atoms with Crippen molar-refractivity contribution in [3.63, 3.8) is 0 Å². The Balaban J connectivity index is 2.35. The SMILES string of the molecule is CC(=O)c1cccc(S(=O)(=O)Oc2cccc([N+](=O)[O-])c2)c1. The number of non-ortho nitro benzene ring substituents is 1. The first kappa shape index (κ1) is 15.6. The van der Waals surface area contributed by atoms with Gasteiger partial charge >= 0.3 is 10.1 Å². The molecule has 0 aliphatic carbocycles. The molecule has 2 rings (SSSR count). The van der Waals surface area contributed by atoms with Crippen LogP contribution in [0.2, 0.25) is 0 Å². The Morgan fingerprint density at radius 3 is 2.45 bits per heavy atom. The van der Waals surface area contributed by atoms with Crippen LogP contribution in [0.15, 0.2) is 53.4 Å². The van der Waals surface area contributed by atoms with E-state index < -0.39 is 15.0 Å². The van der Waals surface area contributed by atoms with Crippen molar-refractivity contribution in [2.45, 2.75) is 11.8 Å². The van der Waals surface area contributed by atoms with Crippen molar-refractivity contribution >= 4 is 21.6 Å². The molecule has 0 aliphatic rings. The summed E-state index contributed by atoms with van der Waals surface area (Å²) in [4.78, 5) is 21.1. The third-order valence-corrected chi connectivity index (χ3v) is 4.01. The molecule has 2 aromatic rings. The highest BCUT2D eigenvalue weighted by atomic mass is 32.2. The van der Waals surface area contributed by atoms with E-state index in [4.69, 9.17) is 4.18 Å². The highest BCUT2D eigenvalue weighted by Gasteiger charge is 2.19. The van der Waals surface area contributed by atoms with Crippen LogP contribution < -0.4 is 4.18 Å². The van der Waals surface area contributed by atoms with Gasteiger partial charge in [0.05, 0.1) is 11.0 Å². The Hall–Kier alpha value is -2.74. The van der Waals surface area contributed by atoms with Crippen LogP contribution in [-0.2, 0) is 10.1 Å². The van der Waals surface area contributed by atoms with Crippen LogP contribution >= 0.6 is 0 Å². The molecule has 0 aromatic heterocycles. The second-order valence-corrected chi connectivity index (χ2v) is 5.92. The van der Waals surface area contributed by atoms with Gasteiger partial charge in [-0.2, -0.15) is 8.42 Å². The van der Waals surface area contributed by atoms with Crippen LogP contribution in [0.1, 0.15) is 17.3 Å². The molecule has 0 spiro atoms. The fourth-order valence-electron chi connectivity index (χ4n) is 1.69. The topological polar surface area (TPSA) is 104 Å². The van der Waals surface area contributed by atoms with Gasteiger partial charge in [0.15, 0.2) is 5.78 Å². The van der Waals surface area contributed by atoms with Crippen LogP contribution in [0.5, 0.6) is 5.75 Å². The average Bonchev–Trinajstić information content (AvgIpc) is 2.47. The van der Waals surface area contributed by atoms with Crippen molar-refractivity contribution in [3.05, 3.63) is 64.2 Å². The molecule has 22 heavy (non-hydrogen) atoms. The summed E-state index contributed by atoms with van der Waals surface area (Å²) in [5.74, 6) is -0.463. The predicted octanol–water partition coefficient (Wildman–Crippen LogP) is 2.57. The van der Waals surface area contributed by atoms with Crippen molar-refractivity contribution in [1.29, 1.82) is 0 Å². The van der Waals surface area contributed by atoms with Gasteiger partial charge in [-0.1, -0.05) is 18.2 Å². The standard InChI is InChI=1S/C14H11NO6S/c1-10(16)11-4-2-7-14(8-11)22(19,20)21-13-6-3-5-12(9-13)15(17)18/h2-9H,1H3. The second-order valence-electron chi connectivity index (χ2n) is 4.38. The van der Waals surface area contributed by atoms with E-state index in [1.165, 1.54) is 49.4 Å². The third kappa shape index (κ3) is 3.47. The number of rotatable bonds is 5. The van der Waals surface area contributed by atoms with E-state index in [0.717, 1.165) is 6.07 Å². The van der Waals surface area contributed by atoms with Crippen molar-refractivity contribution in [3.8, 4) is 5.75 Å². The normalized spacial score (nSPS) is 11.0. The summed E-state index contributed by atoms with van der Waals surface area (Å²) in [7, 11) is -4.19. The first-order valence-electron chi connectivity index (χ1n) is 6.09. The van der Waals surface area contributed by atoms with Gasteiger partial charge in [0.25, 0.3) is 5.69 Å². The van der Waals surface area contributed by atoms with Crippen molar-refractivity contribution in [2.24, 2.45) is 0 Å². The van der Waals surface area contributed by atoms with E-state index >= 15 is 0 Å². The molecule has 114 valence electrons. The minimum Gasteiger partial charge on any atom is -0.379 e. The molecule has 0 saturated carbocycles. The molecule has 0 fully saturated rings. The number of nitrogens with zero attached hydrogens (tertiary/aromatic N) is 1. The maximum Gasteiger partial charge on any atom is 0.339 e. The average molecular weight is 321 g/mol. The molecule has 0 aliphatic heterocycles. The lowest BCUT2D eigenvalue weighted by molar-refractivity contribution is -0.384. The molecule has 0 saturated heterocycles. The maximum absolute atomic E-state index is 12.2. The van der Waals surface area contributed by atoms with Gasteiger partial charge in [0, 0.05) is 11.6 Å². The second kappa shape index (κ2) is 5.94. The Morgan fingerprint density at radius 1 is 1.14 bits per heavy atom. The third-order valence-electron chi connectivity index (χ3n) is 2.76. The first-order valence-corrected chi connectivity index (χ1v) is 7.50. The summed E-state index contributed by atoms with van der Waals surface area (Å²) in [6.45, 7) is 1.31. The van der Waals surface area contributed by atoms with E-state index in [1.807, 2.05) is 0 Å². The zero-order chi connectivity index (χ0) is 16.3. The smallest absolute Gasteiger partial charge is 0.339 e. The van der Waals surface area contributed by atoms with Crippen LogP contribution in [0.4, 0.5) is 5.69 Å². The van der Waals surface area contributed by atoms with Crippen LogP contribution in [0, 0.1) is 10.1 Å². The number of Topliss-reactive ketones (excluding diaryl/α,β-unsaturated/α-hetero) is 1. The lowest BCUT2D eigenvalue weighted by atomic mass is 10.2. The zero-order valence-electron chi connectivity index (χ0n) is 11.4. The molecule has 2 aromatic carbocycles. The summed E-state index contributed by atoms with van der Waals surface area (Å²) < 4.78 is 29.2. The molecule has 0 atom stereocenters. The van der Waals surface area contributed by atoms with Crippen LogP contribution in [-0.4, -0.2) is 19.1 Å². The van der Waals surface area contributed by atoms with Gasteiger partial charge in [0.1, 0.15) is 10.6 Å². The molecule has 0 bridgehead atoms. The van der Waals surface area contributed by atoms with Gasteiger partial charge < -0.3 is 4.18 Å². The van der Waals surface area contributed by atoms with Gasteiger partial charge in [-0.25, -0.2) is 0 Å². The summed E-state index contributed by atoms with van der Waals surface area (Å²) in [5.41, 5.74) is -0.0612. The number of ketones is 1. The number of carbonyl (C=O) groups is 1. The Morgan fingerprint density at radius 2 is 1.82 bits per heavy atom. The van der Waals surface area contributed by atoms with E-state index in [0.29, 0.717) is 0 Å². The van der Waals surface area contributed by atoms with Gasteiger partial charge in [-0.15, -0.1) is 0 Å². The molecule has 0 unspecified atom stereocenters. The zero-order valence-corrected chi connectivity index (χ0v) is 12.2. The molecule has 7 nitrogen and oxygen atoms in total. The highest BCUT2D eigenvalue weighted by Crippen LogP contribution is 2.23. The largest absolute Gasteiger partial charge is 0.379 e. The minimum atomic E-state index is -4.19. The molecular weight excluding hydrogens is 310 g/mol. The highest BCUT2D eigenvalue weighted by molar-refractivity contribution is 7.87. The van der Waals surface area contributed by atoms with Crippen molar-refractivity contribution in [2.75, 3.05) is 0 Å². The summed E-state index contributed by atoms with van der Waals surface area (Å²) in [5, 5.41) is 10.7. The van der Waals surface area contributed by atoms with Crippen LogP contribution in [0.25, 0.3) is 0 Å². The molecule has 0 radical (unpaired) electrons.